The lowest BCUT2D eigenvalue weighted by Gasteiger charge is -2.16. The van der Waals surface area contributed by atoms with Gasteiger partial charge in [0.2, 0.25) is 5.88 Å². The van der Waals surface area contributed by atoms with Gasteiger partial charge in [0.15, 0.2) is 0 Å². The Kier molecular flexibility index (Phi) is 3.69. The number of methoxy groups -OCH3 is 1. The second-order valence-electron chi connectivity index (χ2n) is 3.78. The van der Waals surface area contributed by atoms with Gasteiger partial charge in [-0.25, -0.2) is 4.98 Å². The molecule has 1 heterocycles. The van der Waals surface area contributed by atoms with Crippen molar-refractivity contribution in [2.24, 2.45) is 0 Å². The van der Waals surface area contributed by atoms with E-state index in [0.29, 0.717) is 27.7 Å². The Balaban J connectivity index is 2.47. The highest BCUT2D eigenvalue weighted by Crippen LogP contribution is 2.32. The molecule has 3 N–H and O–H groups in total. The Morgan fingerprint density at radius 1 is 1.33 bits per heavy atom. The fraction of sp³-hybridized carbons (Fsp3) is 0.154. The minimum Gasteiger partial charge on any atom is -0.481 e. The summed E-state index contributed by atoms with van der Waals surface area (Å²) in [4.78, 5) is 4.04. The zero-order valence-electron chi connectivity index (χ0n) is 9.80. The van der Waals surface area contributed by atoms with Gasteiger partial charge in [-0.05, 0) is 30.3 Å². The first-order valence-corrected chi connectivity index (χ1v) is 5.73. The van der Waals surface area contributed by atoms with Crippen LogP contribution in [-0.4, -0.2) is 17.2 Å². The summed E-state index contributed by atoms with van der Waals surface area (Å²) < 4.78 is 5.11. The summed E-state index contributed by atoms with van der Waals surface area (Å²) in [5.74, 6) is 0.365. The summed E-state index contributed by atoms with van der Waals surface area (Å²) in [7, 11) is 1.50. The molecule has 0 radical (unpaired) electrons. The number of ether oxygens (including phenoxy) is 1. The second kappa shape index (κ2) is 5.25. The van der Waals surface area contributed by atoms with E-state index in [9.17, 15) is 5.11 Å². The number of hydrogen-bond acceptors (Lipinski definition) is 4. The quantitative estimate of drug-likeness (QED) is 0.836. The number of aromatic nitrogens is 1. The number of hydrogen-bond donors (Lipinski definition) is 2. The molecule has 0 aliphatic heterocycles. The molecule has 18 heavy (non-hydrogen) atoms. The van der Waals surface area contributed by atoms with Crippen LogP contribution in [0.2, 0.25) is 5.02 Å². The molecule has 4 nitrogen and oxygen atoms in total. The van der Waals surface area contributed by atoms with Crippen LogP contribution >= 0.6 is 11.6 Å². The van der Waals surface area contributed by atoms with E-state index in [1.54, 1.807) is 36.5 Å². The molecule has 0 amide bonds. The first-order chi connectivity index (χ1) is 8.63. The van der Waals surface area contributed by atoms with Crippen molar-refractivity contribution in [1.29, 1.82) is 0 Å². The number of nitrogens with two attached hydrogens (primary N) is 1. The number of pyridine rings is 1. The number of aliphatic hydroxyl groups is 1. The fourth-order valence-corrected chi connectivity index (χ4v) is 1.91. The molecule has 5 heteroatoms. The fourth-order valence-electron chi connectivity index (χ4n) is 1.73. The average molecular weight is 265 g/mol. The van der Waals surface area contributed by atoms with Gasteiger partial charge in [-0.2, -0.15) is 0 Å². The SMILES string of the molecule is COc1ncccc1C(O)c1cc(Cl)ccc1N. The highest BCUT2D eigenvalue weighted by atomic mass is 35.5. The molecule has 0 fully saturated rings. The van der Waals surface area contributed by atoms with Crippen molar-refractivity contribution in [3.05, 3.63) is 52.7 Å². The minimum absolute atomic E-state index is 0.365. The summed E-state index contributed by atoms with van der Waals surface area (Å²) in [6, 6.07) is 8.42. The topological polar surface area (TPSA) is 68.4 Å². The molecular formula is C13H13ClN2O2. The van der Waals surface area contributed by atoms with E-state index in [-0.39, 0.29) is 0 Å². The molecule has 1 atom stereocenters. The van der Waals surface area contributed by atoms with Gasteiger partial charge in [0.1, 0.15) is 6.10 Å². The number of benzene rings is 1. The van der Waals surface area contributed by atoms with Crippen molar-refractivity contribution in [2.75, 3.05) is 12.8 Å². The lowest BCUT2D eigenvalue weighted by Crippen LogP contribution is -2.06. The molecule has 0 aliphatic rings. The maximum Gasteiger partial charge on any atom is 0.219 e. The van der Waals surface area contributed by atoms with Gasteiger partial charge in [0.05, 0.1) is 7.11 Å². The molecule has 1 unspecified atom stereocenters. The van der Waals surface area contributed by atoms with Crippen molar-refractivity contribution in [3.63, 3.8) is 0 Å². The molecule has 2 rings (SSSR count). The summed E-state index contributed by atoms with van der Waals surface area (Å²) in [5.41, 5.74) is 7.40. The van der Waals surface area contributed by atoms with Crippen LogP contribution in [0.15, 0.2) is 36.5 Å². The molecule has 1 aromatic heterocycles. The third-order valence-corrected chi connectivity index (χ3v) is 2.87. The van der Waals surface area contributed by atoms with E-state index in [1.807, 2.05) is 0 Å². The molecule has 0 spiro atoms. The molecular weight excluding hydrogens is 252 g/mol. The van der Waals surface area contributed by atoms with E-state index in [4.69, 9.17) is 22.1 Å². The van der Waals surface area contributed by atoms with Crippen LogP contribution < -0.4 is 10.5 Å². The highest BCUT2D eigenvalue weighted by Gasteiger charge is 2.18. The van der Waals surface area contributed by atoms with E-state index in [2.05, 4.69) is 4.98 Å². The van der Waals surface area contributed by atoms with Crippen LogP contribution in [0.25, 0.3) is 0 Å². The molecule has 94 valence electrons. The number of halogens is 1. The van der Waals surface area contributed by atoms with Gasteiger partial charge in [0, 0.05) is 28.0 Å². The maximum atomic E-state index is 10.4. The average Bonchev–Trinajstić information content (AvgIpc) is 2.40. The maximum absolute atomic E-state index is 10.4. The predicted molar refractivity (Wildman–Crippen MR) is 70.7 cm³/mol. The first kappa shape index (κ1) is 12.7. The van der Waals surface area contributed by atoms with Crippen molar-refractivity contribution in [1.82, 2.24) is 4.98 Å². The molecule has 0 saturated heterocycles. The second-order valence-corrected chi connectivity index (χ2v) is 4.21. The van der Waals surface area contributed by atoms with E-state index in [0.717, 1.165) is 0 Å². The third kappa shape index (κ3) is 2.39. The van der Waals surface area contributed by atoms with E-state index < -0.39 is 6.10 Å². The number of nitrogen functional groups attached to an aromatic ring is 1. The Labute approximate surface area is 110 Å². The molecule has 0 aliphatic carbocycles. The van der Waals surface area contributed by atoms with Gasteiger partial charge in [-0.3, -0.25) is 0 Å². The normalized spacial score (nSPS) is 12.2. The van der Waals surface area contributed by atoms with Gasteiger partial charge >= 0.3 is 0 Å². The van der Waals surface area contributed by atoms with Crippen LogP contribution in [0.3, 0.4) is 0 Å². The van der Waals surface area contributed by atoms with Crippen LogP contribution in [0, 0.1) is 0 Å². The standard InChI is InChI=1S/C13H13ClN2O2/c1-18-13-9(3-2-6-16-13)12(17)10-7-8(14)4-5-11(10)15/h2-7,12,17H,15H2,1H3. The van der Waals surface area contributed by atoms with Gasteiger partial charge in [0.25, 0.3) is 0 Å². The van der Waals surface area contributed by atoms with Crippen LogP contribution in [0.4, 0.5) is 5.69 Å². The Hall–Kier alpha value is -1.78. The summed E-state index contributed by atoms with van der Waals surface area (Å²) in [6.07, 6.45) is 0.670. The lowest BCUT2D eigenvalue weighted by atomic mass is 10.0. The summed E-state index contributed by atoms with van der Waals surface area (Å²) >= 11 is 5.91. The Morgan fingerprint density at radius 2 is 2.11 bits per heavy atom. The van der Waals surface area contributed by atoms with Crippen molar-refractivity contribution >= 4 is 17.3 Å². The van der Waals surface area contributed by atoms with Gasteiger partial charge < -0.3 is 15.6 Å². The number of anilines is 1. The Morgan fingerprint density at radius 3 is 2.83 bits per heavy atom. The predicted octanol–water partition coefficient (Wildman–Crippen LogP) is 2.41. The molecule has 1 aromatic carbocycles. The highest BCUT2D eigenvalue weighted by molar-refractivity contribution is 6.30. The van der Waals surface area contributed by atoms with Crippen LogP contribution in [-0.2, 0) is 0 Å². The monoisotopic (exact) mass is 264 g/mol. The van der Waals surface area contributed by atoms with Crippen molar-refractivity contribution in [3.8, 4) is 5.88 Å². The van der Waals surface area contributed by atoms with E-state index in [1.165, 1.54) is 7.11 Å². The number of aliphatic hydroxyl groups excluding tert-OH is 1. The minimum atomic E-state index is -0.924. The van der Waals surface area contributed by atoms with Crippen molar-refractivity contribution in [2.45, 2.75) is 6.10 Å². The smallest absolute Gasteiger partial charge is 0.219 e. The number of nitrogens with zero attached hydrogens (tertiary/aromatic N) is 1. The molecule has 0 saturated carbocycles. The third-order valence-electron chi connectivity index (χ3n) is 2.63. The summed E-state index contributed by atoms with van der Waals surface area (Å²) in [6.45, 7) is 0. The van der Waals surface area contributed by atoms with Gasteiger partial charge in [-0.15, -0.1) is 0 Å². The molecule has 2 aromatic rings. The largest absolute Gasteiger partial charge is 0.481 e. The zero-order valence-corrected chi connectivity index (χ0v) is 10.6. The number of rotatable bonds is 3. The van der Waals surface area contributed by atoms with E-state index >= 15 is 0 Å². The van der Waals surface area contributed by atoms with Crippen LogP contribution in [0.1, 0.15) is 17.2 Å². The zero-order chi connectivity index (χ0) is 13.1. The molecule has 0 bridgehead atoms. The van der Waals surface area contributed by atoms with Gasteiger partial charge in [-0.1, -0.05) is 11.6 Å². The van der Waals surface area contributed by atoms with Crippen molar-refractivity contribution < 1.29 is 9.84 Å². The lowest BCUT2D eigenvalue weighted by molar-refractivity contribution is 0.214. The Bertz CT molecular complexity index is 560. The first-order valence-electron chi connectivity index (χ1n) is 5.35. The summed E-state index contributed by atoms with van der Waals surface area (Å²) in [5, 5.41) is 10.9. The van der Waals surface area contributed by atoms with Crippen LogP contribution in [0.5, 0.6) is 5.88 Å².